The van der Waals surface area contributed by atoms with Gasteiger partial charge < -0.3 is 9.73 Å². The van der Waals surface area contributed by atoms with Crippen LogP contribution in [-0.2, 0) is 29.5 Å². The Balaban J connectivity index is 1.95. The van der Waals surface area contributed by atoms with Gasteiger partial charge in [0, 0.05) is 6.54 Å². The molecule has 0 aliphatic carbocycles. The van der Waals surface area contributed by atoms with Crippen LogP contribution in [0.15, 0.2) is 45.9 Å². The molecule has 114 valence electrons. The van der Waals surface area contributed by atoms with Gasteiger partial charge in [-0.05, 0) is 36.7 Å². The van der Waals surface area contributed by atoms with E-state index in [1.54, 1.807) is 6.07 Å². The summed E-state index contributed by atoms with van der Waals surface area (Å²) in [6.45, 7) is 3.33. The fraction of sp³-hybridized carbons (Fsp3) is 0.333. The lowest BCUT2D eigenvalue weighted by Gasteiger charge is -2.08. The van der Waals surface area contributed by atoms with Crippen LogP contribution in [0.1, 0.15) is 23.8 Å². The fourth-order valence-corrected chi connectivity index (χ4v) is 2.76. The smallest absolute Gasteiger partial charge is 0.273 e. The van der Waals surface area contributed by atoms with Gasteiger partial charge in [0.05, 0.1) is 6.54 Å². The Bertz CT molecular complexity index is 692. The summed E-state index contributed by atoms with van der Waals surface area (Å²) in [5.74, 6) is 0.595. The number of benzene rings is 1. The molecule has 0 radical (unpaired) electrons. The van der Waals surface area contributed by atoms with Crippen LogP contribution in [0.25, 0.3) is 0 Å². The van der Waals surface area contributed by atoms with Crippen molar-refractivity contribution in [1.29, 1.82) is 0 Å². The van der Waals surface area contributed by atoms with Crippen LogP contribution in [0, 0.1) is 0 Å². The molecule has 6 heteroatoms. The molecule has 0 amide bonds. The average molecular weight is 308 g/mol. The summed E-state index contributed by atoms with van der Waals surface area (Å²) in [4.78, 5) is 0. The summed E-state index contributed by atoms with van der Waals surface area (Å²) in [6, 6.07) is 11.4. The number of furan rings is 1. The van der Waals surface area contributed by atoms with Crippen molar-refractivity contribution in [3.8, 4) is 0 Å². The van der Waals surface area contributed by atoms with Crippen LogP contribution >= 0.6 is 0 Å². The van der Waals surface area contributed by atoms with E-state index in [-0.39, 0.29) is 5.09 Å². The second kappa shape index (κ2) is 6.89. The summed E-state index contributed by atoms with van der Waals surface area (Å²) in [6.07, 6.45) is 0.989. The van der Waals surface area contributed by atoms with E-state index in [1.165, 1.54) is 24.2 Å². The zero-order valence-corrected chi connectivity index (χ0v) is 13.0. The van der Waals surface area contributed by atoms with E-state index < -0.39 is 10.0 Å². The normalized spacial score (nSPS) is 11.7. The summed E-state index contributed by atoms with van der Waals surface area (Å²) >= 11 is 0. The third-order valence-electron chi connectivity index (χ3n) is 3.28. The van der Waals surface area contributed by atoms with Crippen LogP contribution in [0.3, 0.4) is 0 Å². The molecule has 0 aliphatic rings. The molecule has 0 fully saturated rings. The van der Waals surface area contributed by atoms with Gasteiger partial charge in [-0.25, -0.2) is 13.1 Å². The largest absolute Gasteiger partial charge is 0.447 e. The molecule has 2 aromatic rings. The molecule has 0 saturated carbocycles. The molecule has 1 aromatic heterocycles. The lowest BCUT2D eigenvalue weighted by atomic mass is 10.1. The second-order valence-corrected chi connectivity index (χ2v) is 6.47. The first-order valence-corrected chi connectivity index (χ1v) is 8.35. The molecule has 5 nitrogen and oxygen atoms in total. The highest BCUT2D eigenvalue weighted by Crippen LogP contribution is 2.14. The van der Waals surface area contributed by atoms with Crippen LogP contribution in [-0.4, -0.2) is 15.5 Å². The quantitative estimate of drug-likeness (QED) is 0.821. The highest BCUT2D eigenvalue weighted by molar-refractivity contribution is 7.89. The Morgan fingerprint density at radius 3 is 2.43 bits per heavy atom. The first-order valence-electron chi connectivity index (χ1n) is 6.86. The maximum atomic E-state index is 11.6. The lowest BCUT2D eigenvalue weighted by Crippen LogP contribution is -2.18. The van der Waals surface area contributed by atoms with Crippen molar-refractivity contribution < 1.29 is 12.8 Å². The molecular weight excluding hydrogens is 288 g/mol. The maximum Gasteiger partial charge on any atom is 0.273 e. The maximum absolute atomic E-state index is 11.6. The van der Waals surface area contributed by atoms with E-state index >= 15 is 0 Å². The molecule has 21 heavy (non-hydrogen) atoms. The molecule has 0 aliphatic heterocycles. The molecule has 2 rings (SSSR count). The van der Waals surface area contributed by atoms with E-state index in [9.17, 15) is 8.42 Å². The zero-order chi connectivity index (χ0) is 15.3. The number of hydrogen-bond donors (Lipinski definition) is 2. The minimum absolute atomic E-state index is 0.0595. The minimum atomic E-state index is -3.51. The van der Waals surface area contributed by atoms with Gasteiger partial charge in [0.25, 0.3) is 10.0 Å². The van der Waals surface area contributed by atoms with Crippen molar-refractivity contribution in [2.45, 2.75) is 31.5 Å². The molecule has 0 atom stereocenters. The van der Waals surface area contributed by atoms with Gasteiger partial charge in [-0.15, -0.1) is 0 Å². The van der Waals surface area contributed by atoms with Crippen molar-refractivity contribution in [1.82, 2.24) is 10.0 Å². The fourth-order valence-electron chi connectivity index (χ4n) is 2.09. The lowest BCUT2D eigenvalue weighted by molar-refractivity contribution is 0.400. The molecule has 0 saturated heterocycles. The highest BCUT2D eigenvalue weighted by atomic mass is 32.2. The molecule has 0 unspecified atom stereocenters. The predicted molar refractivity (Wildman–Crippen MR) is 81.3 cm³/mol. The van der Waals surface area contributed by atoms with Crippen LogP contribution < -0.4 is 10.0 Å². The molecule has 1 aromatic carbocycles. The van der Waals surface area contributed by atoms with Gasteiger partial charge in [0.1, 0.15) is 5.76 Å². The minimum Gasteiger partial charge on any atom is -0.447 e. The van der Waals surface area contributed by atoms with Crippen LogP contribution in [0.5, 0.6) is 0 Å². The monoisotopic (exact) mass is 308 g/mol. The van der Waals surface area contributed by atoms with Crippen LogP contribution in [0.2, 0.25) is 0 Å². The van der Waals surface area contributed by atoms with Crippen LogP contribution in [0.4, 0.5) is 0 Å². The third kappa shape index (κ3) is 3.93. The SMILES string of the molecule is CCc1ccccc1CNCc1ccc(S(=O)(=O)NC)o1. The van der Waals surface area contributed by atoms with Crippen molar-refractivity contribution in [2.75, 3.05) is 7.05 Å². The molecule has 2 N–H and O–H groups in total. The van der Waals surface area contributed by atoms with Gasteiger partial charge in [0.2, 0.25) is 5.09 Å². The molecule has 0 bridgehead atoms. The highest BCUT2D eigenvalue weighted by Gasteiger charge is 2.16. The standard InChI is InChI=1S/C15H20N2O3S/c1-3-12-6-4-5-7-13(12)10-17-11-14-8-9-15(20-14)21(18,19)16-2/h4-9,16-17H,3,10-11H2,1-2H3. The van der Waals surface area contributed by atoms with Gasteiger partial charge in [0.15, 0.2) is 0 Å². The average Bonchev–Trinajstić information content (AvgIpc) is 2.97. The number of hydrogen-bond acceptors (Lipinski definition) is 4. The van der Waals surface area contributed by atoms with E-state index in [4.69, 9.17) is 4.42 Å². The summed E-state index contributed by atoms with van der Waals surface area (Å²) < 4.78 is 30.7. The van der Waals surface area contributed by atoms with Crippen molar-refractivity contribution >= 4 is 10.0 Å². The molecule has 0 spiro atoms. The Morgan fingerprint density at radius 2 is 1.76 bits per heavy atom. The van der Waals surface area contributed by atoms with Crippen molar-refractivity contribution in [2.24, 2.45) is 0 Å². The Hall–Kier alpha value is -1.63. The number of rotatable bonds is 7. The van der Waals surface area contributed by atoms with E-state index in [1.807, 2.05) is 12.1 Å². The van der Waals surface area contributed by atoms with E-state index in [0.717, 1.165) is 13.0 Å². The van der Waals surface area contributed by atoms with Gasteiger partial charge in [-0.2, -0.15) is 0 Å². The summed E-state index contributed by atoms with van der Waals surface area (Å²) in [7, 11) is -2.15. The summed E-state index contributed by atoms with van der Waals surface area (Å²) in [5, 5.41) is 3.21. The zero-order valence-electron chi connectivity index (χ0n) is 12.2. The third-order valence-corrected chi connectivity index (χ3v) is 4.57. The topological polar surface area (TPSA) is 71.3 Å². The van der Waals surface area contributed by atoms with Gasteiger partial charge >= 0.3 is 0 Å². The predicted octanol–water partition coefficient (Wildman–Crippen LogP) is 2.04. The Morgan fingerprint density at radius 1 is 1.05 bits per heavy atom. The first kappa shape index (κ1) is 15.8. The first-order chi connectivity index (χ1) is 10.1. The molecule has 1 heterocycles. The van der Waals surface area contributed by atoms with E-state index in [0.29, 0.717) is 12.3 Å². The number of sulfonamides is 1. The second-order valence-electron chi connectivity index (χ2n) is 4.65. The summed E-state index contributed by atoms with van der Waals surface area (Å²) in [5.41, 5.74) is 2.55. The Kier molecular flexibility index (Phi) is 5.17. The Labute approximate surface area is 125 Å². The van der Waals surface area contributed by atoms with Crippen molar-refractivity contribution in [3.63, 3.8) is 0 Å². The molecular formula is C15H20N2O3S. The van der Waals surface area contributed by atoms with Crippen molar-refractivity contribution in [3.05, 3.63) is 53.3 Å². The number of aryl methyl sites for hydroxylation is 1. The number of nitrogens with one attached hydrogen (secondary N) is 2. The van der Waals surface area contributed by atoms with E-state index in [2.05, 4.69) is 29.1 Å². The van der Waals surface area contributed by atoms with Gasteiger partial charge in [-0.1, -0.05) is 31.2 Å². The van der Waals surface area contributed by atoms with Gasteiger partial charge in [-0.3, -0.25) is 0 Å².